The van der Waals surface area contributed by atoms with Crippen molar-refractivity contribution in [2.45, 2.75) is 20.0 Å². The van der Waals surface area contributed by atoms with Crippen LogP contribution in [0.25, 0.3) is 0 Å². The summed E-state index contributed by atoms with van der Waals surface area (Å²) in [6, 6.07) is 16.3. The zero-order chi connectivity index (χ0) is 16.8. The third-order valence-corrected chi connectivity index (χ3v) is 3.70. The van der Waals surface area contributed by atoms with Crippen LogP contribution in [0.15, 0.2) is 60.9 Å². The summed E-state index contributed by atoms with van der Waals surface area (Å²) in [6.07, 6.45) is 3.59. The van der Waals surface area contributed by atoms with E-state index in [9.17, 15) is 0 Å². The highest BCUT2D eigenvalue weighted by Crippen LogP contribution is 2.17. The van der Waals surface area contributed by atoms with Crippen LogP contribution in [0, 0.1) is 6.92 Å². The van der Waals surface area contributed by atoms with Crippen LogP contribution in [0.3, 0.4) is 0 Å². The van der Waals surface area contributed by atoms with Gasteiger partial charge in [0.05, 0.1) is 0 Å². The number of anilines is 2. The highest BCUT2D eigenvalue weighted by molar-refractivity contribution is 5.49. The minimum absolute atomic E-state index is 0.709. The fourth-order valence-corrected chi connectivity index (χ4v) is 2.47. The Morgan fingerprint density at radius 3 is 2.46 bits per heavy atom. The number of benzene rings is 1. The third kappa shape index (κ3) is 4.29. The van der Waals surface area contributed by atoms with E-state index in [2.05, 4.69) is 49.4 Å². The summed E-state index contributed by atoms with van der Waals surface area (Å²) in [6.45, 7) is 3.43. The molecule has 5 heteroatoms. The van der Waals surface area contributed by atoms with Gasteiger partial charge in [-0.1, -0.05) is 30.3 Å². The molecule has 24 heavy (non-hydrogen) atoms. The normalized spacial score (nSPS) is 10.4. The largest absolute Gasteiger partial charge is 0.366 e. The average molecular weight is 319 g/mol. The van der Waals surface area contributed by atoms with Gasteiger partial charge in [-0.3, -0.25) is 4.98 Å². The van der Waals surface area contributed by atoms with Crippen LogP contribution in [0.2, 0.25) is 0 Å². The number of hydrogen-bond acceptors (Lipinski definition) is 5. The molecule has 0 saturated heterocycles. The first-order chi connectivity index (χ1) is 11.7. The second-order valence-electron chi connectivity index (χ2n) is 5.71. The van der Waals surface area contributed by atoms with E-state index in [1.54, 1.807) is 12.4 Å². The minimum atomic E-state index is 0.709. The molecule has 3 rings (SSSR count). The molecule has 0 aliphatic rings. The van der Waals surface area contributed by atoms with E-state index in [0.29, 0.717) is 6.54 Å². The van der Waals surface area contributed by atoms with Gasteiger partial charge in [-0.25, -0.2) is 9.97 Å². The molecule has 0 bridgehead atoms. The third-order valence-electron chi connectivity index (χ3n) is 3.70. The first kappa shape index (κ1) is 15.9. The number of pyridine rings is 1. The fourth-order valence-electron chi connectivity index (χ4n) is 2.47. The van der Waals surface area contributed by atoms with Crippen LogP contribution >= 0.6 is 0 Å². The van der Waals surface area contributed by atoms with Crippen molar-refractivity contribution in [3.63, 3.8) is 0 Å². The van der Waals surface area contributed by atoms with E-state index < -0.39 is 0 Å². The van der Waals surface area contributed by atoms with E-state index in [1.165, 1.54) is 11.1 Å². The van der Waals surface area contributed by atoms with Gasteiger partial charge in [-0.05, 0) is 30.2 Å². The Balaban J connectivity index is 1.71. The number of nitrogens with zero attached hydrogens (tertiary/aromatic N) is 4. The zero-order valence-electron chi connectivity index (χ0n) is 14.0. The van der Waals surface area contributed by atoms with Crippen molar-refractivity contribution >= 4 is 11.6 Å². The maximum absolute atomic E-state index is 4.55. The molecule has 122 valence electrons. The molecule has 0 atom stereocenters. The van der Waals surface area contributed by atoms with Crippen LogP contribution in [0.1, 0.15) is 17.0 Å². The molecule has 0 fully saturated rings. The lowest BCUT2D eigenvalue weighted by Crippen LogP contribution is -2.18. The summed E-state index contributed by atoms with van der Waals surface area (Å²) in [4.78, 5) is 15.2. The SMILES string of the molecule is Cc1nc(NCc2ccncc2)cc(N(C)Cc2ccccc2)n1. The van der Waals surface area contributed by atoms with Crippen LogP contribution < -0.4 is 10.2 Å². The maximum atomic E-state index is 4.55. The van der Waals surface area contributed by atoms with Gasteiger partial charge in [0.1, 0.15) is 17.5 Å². The number of rotatable bonds is 6. The van der Waals surface area contributed by atoms with Crippen molar-refractivity contribution < 1.29 is 0 Å². The summed E-state index contributed by atoms with van der Waals surface area (Å²) in [7, 11) is 2.04. The molecule has 2 aromatic heterocycles. The number of hydrogen-bond donors (Lipinski definition) is 1. The second kappa shape index (κ2) is 7.55. The van der Waals surface area contributed by atoms with Crippen molar-refractivity contribution in [3.8, 4) is 0 Å². The summed E-state index contributed by atoms with van der Waals surface area (Å²) in [5.41, 5.74) is 2.42. The lowest BCUT2D eigenvalue weighted by Gasteiger charge is -2.19. The highest BCUT2D eigenvalue weighted by atomic mass is 15.2. The molecular formula is C19H21N5. The van der Waals surface area contributed by atoms with Crippen LogP contribution in [0.5, 0.6) is 0 Å². The highest BCUT2D eigenvalue weighted by Gasteiger charge is 2.07. The lowest BCUT2D eigenvalue weighted by atomic mass is 10.2. The van der Waals surface area contributed by atoms with E-state index in [0.717, 1.165) is 24.0 Å². The van der Waals surface area contributed by atoms with E-state index in [1.807, 2.05) is 38.2 Å². The summed E-state index contributed by atoms with van der Waals surface area (Å²) < 4.78 is 0. The fraction of sp³-hybridized carbons (Fsp3) is 0.211. The molecule has 0 saturated carbocycles. The van der Waals surface area contributed by atoms with Crippen LogP contribution in [0.4, 0.5) is 11.6 Å². The van der Waals surface area contributed by atoms with Gasteiger partial charge < -0.3 is 10.2 Å². The van der Waals surface area contributed by atoms with E-state index in [-0.39, 0.29) is 0 Å². The number of aryl methyl sites for hydroxylation is 1. The molecule has 2 heterocycles. The second-order valence-corrected chi connectivity index (χ2v) is 5.71. The van der Waals surface area contributed by atoms with Crippen molar-refractivity contribution in [2.75, 3.05) is 17.3 Å². The molecule has 0 spiro atoms. The van der Waals surface area contributed by atoms with Gasteiger partial charge in [-0.2, -0.15) is 0 Å². The summed E-state index contributed by atoms with van der Waals surface area (Å²) >= 11 is 0. The van der Waals surface area contributed by atoms with Crippen molar-refractivity contribution in [3.05, 3.63) is 77.9 Å². The van der Waals surface area contributed by atoms with Gasteiger partial charge in [0.15, 0.2) is 0 Å². The van der Waals surface area contributed by atoms with Crippen molar-refractivity contribution in [1.82, 2.24) is 15.0 Å². The Bertz CT molecular complexity index is 774. The first-order valence-corrected chi connectivity index (χ1v) is 7.94. The molecule has 0 amide bonds. The molecule has 0 aliphatic carbocycles. The zero-order valence-corrected chi connectivity index (χ0v) is 14.0. The van der Waals surface area contributed by atoms with Crippen LogP contribution in [-0.2, 0) is 13.1 Å². The van der Waals surface area contributed by atoms with Gasteiger partial charge in [0.2, 0.25) is 0 Å². The van der Waals surface area contributed by atoms with Crippen molar-refractivity contribution in [2.24, 2.45) is 0 Å². The molecular weight excluding hydrogens is 298 g/mol. The molecule has 1 aromatic carbocycles. The number of aromatic nitrogens is 3. The Morgan fingerprint density at radius 1 is 0.958 bits per heavy atom. The quantitative estimate of drug-likeness (QED) is 0.754. The predicted molar refractivity (Wildman–Crippen MR) is 96.9 cm³/mol. The van der Waals surface area contributed by atoms with Gasteiger partial charge in [0, 0.05) is 38.6 Å². The smallest absolute Gasteiger partial charge is 0.134 e. The summed E-state index contributed by atoms with van der Waals surface area (Å²) in [5.74, 6) is 2.49. The van der Waals surface area contributed by atoms with E-state index >= 15 is 0 Å². The topological polar surface area (TPSA) is 53.9 Å². The molecule has 0 unspecified atom stereocenters. The Hall–Kier alpha value is -2.95. The Morgan fingerprint density at radius 2 is 1.71 bits per heavy atom. The minimum Gasteiger partial charge on any atom is -0.366 e. The average Bonchev–Trinajstić information content (AvgIpc) is 2.61. The standard InChI is InChI=1S/C19H21N5/c1-15-22-18(21-13-16-8-10-20-11-9-16)12-19(23-15)24(2)14-17-6-4-3-5-7-17/h3-12H,13-14H2,1-2H3,(H,21,22,23). The molecule has 3 aromatic rings. The Kier molecular flexibility index (Phi) is 5.01. The van der Waals surface area contributed by atoms with Gasteiger partial charge in [-0.15, -0.1) is 0 Å². The summed E-state index contributed by atoms with van der Waals surface area (Å²) in [5, 5.41) is 3.36. The first-order valence-electron chi connectivity index (χ1n) is 7.94. The molecule has 1 N–H and O–H groups in total. The maximum Gasteiger partial charge on any atom is 0.134 e. The van der Waals surface area contributed by atoms with Gasteiger partial charge in [0.25, 0.3) is 0 Å². The van der Waals surface area contributed by atoms with E-state index in [4.69, 9.17) is 0 Å². The predicted octanol–water partition coefficient (Wildman–Crippen LogP) is 3.43. The number of nitrogens with one attached hydrogen (secondary N) is 1. The van der Waals surface area contributed by atoms with Gasteiger partial charge >= 0.3 is 0 Å². The monoisotopic (exact) mass is 319 g/mol. The molecule has 5 nitrogen and oxygen atoms in total. The van der Waals surface area contributed by atoms with Crippen LogP contribution in [-0.4, -0.2) is 22.0 Å². The Labute approximate surface area is 142 Å². The lowest BCUT2D eigenvalue weighted by molar-refractivity contribution is 0.878. The molecule has 0 radical (unpaired) electrons. The van der Waals surface area contributed by atoms with Crippen molar-refractivity contribution in [1.29, 1.82) is 0 Å². The molecule has 0 aliphatic heterocycles.